The number of carboxylic acid groups (broad SMARTS) is 1. The number of rotatable bonds is 9. The van der Waals surface area contributed by atoms with Crippen molar-refractivity contribution >= 4 is 27.4 Å². The number of thiophene rings is 1. The number of unbranched alkanes of at least 4 members (excludes halogenated alkanes) is 3. The van der Waals surface area contributed by atoms with Gasteiger partial charge in [0.15, 0.2) is 0 Å². The molecule has 1 atom stereocenters. The molecule has 0 bridgehead atoms. The van der Waals surface area contributed by atoms with Gasteiger partial charge in [0.1, 0.15) is 0 Å². The van der Waals surface area contributed by atoms with Crippen LogP contribution in [0.5, 0.6) is 0 Å². The average Bonchev–Trinajstić information content (AvgIpc) is 3.33. The number of hydrogen-bond donors (Lipinski definition) is 2. The summed E-state index contributed by atoms with van der Waals surface area (Å²) in [6.07, 6.45) is 11.9. The molecule has 1 unspecified atom stereocenters. The number of carbonyl (C=O) groups is 1. The van der Waals surface area contributed by atoms with Crippen molar-refractivity contribution in [1.29, 1.82) is 0 Å². The van der Waals surface area contributed by atoms with E-state index in [1.807, 2.05) is 0 Å². The summed E-state index contributed by atoms with van der Waals surface area (Å²) in [5, 5.41) is 19.8. The number of aliphatic hydroxyl groups excluding tert-OH is 1. The Kier molecular flexibility index (Phi) is 9.85. The third-order valence-corrected chi connectivity index (χ3v) is 6.56. The molecule has 2 aromatic rings. The Balaban J connectivity index is 0.000000249. The zero-order chi connectivity index (χ0) is 19.5. The minimum atomic E-state index is -0.675. The summed E-state index contributed by atoms with van der Waals surface area (Å²) in [6.45, 7) is 2.11. The molecule has 4 heteroatoms. The molecule has 150 valence electrons. The Morgan fingerprint density at radius 2 is 1.93 bits per heavy atom. The maximum absolute atomic E-state index is 10.3. The molecule has 1 aliphatic carbocycles. The number of hydrogen-bond acceptors (Lipinski definition) is 3. The van der Waals surface area contributed by atoms with Crippen LogP contribution in [-0.2, 0) is 4.79 Å². The van der Waals surface area contributed by atoms with Crippen LogP contribution >= 0.6 is 11.3 Å². The molecule has 1 saturated carbocycles. The highest BCUT2D eigenvalue weighted by atomic mass is 32.1. The summed E-state index contributed by atoms with van der Waals surface area (Å²) >= 11 is 1.74. The van der Waals surface area contributed by atoms with Gasteiger partial charge in [-0.25, -0.2) is 0 Å². The third-order valence-electron chi connectivity index (χ3n) is 5.34. The Bertz CT molecular complexity index is 640. The molecule has 27 heavy (non-hydrogen) atoms. The van der Waals surface area contributed by atoms with Crippen LogP contribution in [0.25, 0.3) is 10.1 Å². The van der Waals surface area contributed by atoms with Gasteiger partial charge in [0, 0.05) is 16.0 Å². The predicted molar refractivity (Wildman–Crippen MR) is 114 cm³/mol. The number of benzene rings is 1. The molecule has 0 amide bonds. The average molecular weight is 391 g/mol. The van der Waals surface area contributed by atoms with E-state index in [9.17, 15) is 9.90 Å². The number of carboxylic acids is 1. The first-order chi connectivity index (χ1) is 13.1. The molecule has 0 saturated heterocycles. The zero-order valence-electron chi connectivity index (χ0n) is 16.5. The monoisotopic (exact) mass is 390 g/mol. The summed E-state index contributed by atoms with van der Waals surface area (Å²) in [5.74, 6) is 0.195. The molecule has 1 aliphatic rings. The highest BCUT2D eigenvalue weighted by molar-refractivity contribution is 7.19. The van der Waals surface area contributed by atoms with Gasteiger partial charge in [-0.05, 0) is 42.7 Å². The lowest BCUT2D eigenvalue weighted by Crippen LogP contribution is -1.99. The van der Waals surface area contributed by atoms with Crippen LogP contribution in [0.15, 0.2) is 30.3 Å². The van der Waals surface area contributed by atoms with Crippen molar-refractivity contribution in [1.82, 2.24) is 0 Å². The second kappa shape index (κ2) is 12.1. The molecule has 2 N–H and O–H groups in total. The summed E-state index contributed by atoms with van der Waals surface area (Å²) in [7, 11) is 0. The number of fused-ring (bicyclic) bond motifs is 1. The van der Waals surface area contributed by atoms with Gasteiger partial charge in [-0.15, -0.1) is 11.3 Å². The van der Waals surface area contributed by atoms with Crippen molar-refractivity contribution in [2.75, 3.05) is 0 Å². The summed E-state index contributed by atoms with van der Waals surface area (Å²) < 4.78 is 1.28. The number of aliphatic carboxylic acids is 1. The van der Waals surface area contributed by atoms with E-state index in [1.54, 1.807) is 11.3 Å². The van der Waals surface area contributed by atoms with Crippen LogP contribution in [-0.4, -0.2) is 16.2 Å². The van der Waals surface area contributed by atoms with Crippen LogP contribution in [0.1, 0.15) is 88.5 Å². The number of aliphatic hydroxyl groups is 1. The Labute approximate surface area is 167 Å². The van der Waals surface area contributed by atoms with Crippen molar-refractivity contribution in [3.8, 4) is 0 Å². The third kappa shape index (κ3) is 8.02. The van der Waals surface area contributed by atoms with Crippen molar-refractivity contribution in [3.63, 3.8) is 0 Å². The van der Waals surface area contributed by atoms with Gasteiger partial charge in [-0.1, -0.05) is 70.1 Å². The maximum atomic E-state index is 10.3. The second-order valence-electron chi connectivity index (χ2n) is 7.63. The van der Waals surface area contributed by atoms with Crippen molar-refractivity contribution in [2.24, 2.45) is 5.92 Å². The zero-order valence-corrected chi connectivity index (χ0v) is 17.3. The molecule has 1 aromatic heterocycles. The molecule has 0 radical (unpaired) electrons. The van der Waals surface area contributed by atoms with E-state index in [0.717, 1.165) is 36.5 Å². The van der Waals surface area contributed by atoms with E-state index in [1.165, 1.54) is 48.6 Å². The molecule has 3 rings (SSSR count). The largest absolute Gasteiger partial charge is 0.481 e. The van der Waals surface area contributed by atoms with Gasteiger partial charge in [0.2, 0.25) is 0 Å². The van der Waals surface area contributed by atoms with E-state index in [-0.39, 0.29) is 6.10 Å². The first-order valence-corrected chi connectivity index (χ1v) is 11.3. The summed E-state index contributed by atoms with van der Waals surface area (Å²) in [6, 6.07) is 10.5. The van der Waals surface area contributed by atoms with E-state index in [2.05, 4.69) is 37.3 Å². The molecule has 1 fully saturated rings. The molecule has 0 spiro atoms. The second-order valence-corrected chi connectivity index (χ2v) is 8.75. The Morgan fingerprint density at radius 3 is 2.59 bits per heavy atom. The van der Waals surface area contributed by atoms with Crippen LogP contribution in [0.4, 0.5) is 0 Å². The quantitative estimate of drug-likeness (QED) is 0.456. The summed E-state index contributed by atoms with van der Waals surface area (Å²) in [4.78, 5) is 11.1. The highest BCUT2D eigenvalue weighted by Gasteiger charge is 2.18. The van der Waals surface area contributed by atoms with Gasteiger partial charge >= 0.3 is 5.97 Å². The van der Waals surface area contributed by atoms with E-state index in [4.69, 9.17) is 5.11 Å². The maximum Gasteiger partial charge on any atom is 0.303 e. The van der Waals surface area contributed by atoms with Crippen molar-refractivity contribution < 1.29 is 15.0 Å². The van der Waals surface area contributed by atoms with E-state index in [0.29, 0.717) is 6.42 Å². The van der Waals surface area contributed by atoms with Gasteiger partial charge in [0.05, 0.1) is 6.10 Å². The molecule has 0 aliphatic heterocycles. The SMILES string of the molecule is CCCCCCC(=O)O.OC(CCC1CCCC1)c1cc2ccccc2s1. The lowest BCUT2D eigenvalue weighted by molar-refractivity contribution is -0.137. The highest BCUT2D eigenvalue weighted by Crippen LogP contribution is 2.35. The normalized spacial score (nSPS) is 15.5. The minimum Gasteiger partial charge on any atom is -0.481 e. The Hall–Kier alpha value is -1.39. The molecular weight excluding hydrogens is 356 g/mol. The lowest BCUT2D eigenvalue weighted by atomic mass is 9.99. The van der Waals surface area contributed by atoms with Crippen LogP contribution < -0.4 is 0 Å². The summed E-state index contributed by atoms with van der Waals surface area (Å²) in [5.41, 5.74) is 0. The topological polar surface area (TPSA) is 57.5 Å². The fourth-order valence-electron chi connectivity index (χ4n) is 3.70. The lowest BCUT2D eigenvalue weighted by Gasteiger charge is -2.12. The van der Waals surface area contributed by atoms with Gasteiger partial charge in [-0.2, -0.15) is 0 Å². The van der Waals surface area contributed by atoms with Crippen molar-refractivity contribution in [3.05, 3.63) is 35.2 Å². The predicted octanol–water partition coefficient (Wildman–Crippen LogP) is 6.95. The first kappa shape index (κ1) is 21.9. The molecule has 1 heterocycles. The molecular formula is C23H34O3S. The van der Waals surface area contributed by atoms with Crippen LogP contribution in [0.3, 0.4) is 0 Å². The van der Waals surface area contributed by atoms with Crippen LogP contribution in [0, 0.1) is 5.92 Å². The molecule has 1 aromatic carbocycles. The fraction of sp³-hybridized carbons (Fsp3) is 0.609. The van der Waals surface area contributed by atoms with Gasteiger partial charge < -0.3 is 10.2 Å². The minimum absolute atomic E-state index is 0.261. The van der Waals surface area contributed by atoms with Gasteiger partial charge in [0.25, 0.3) is 0 Å². The smallest absolute Gasteiger partial charge is 0.303 e. The van der Waals surface area contributed by atoms with E-state index < -0.39 is 5.97 Å². The van der Waals surface area contributed by atoms with Crippen molar-refractivity contribution in [2.45, 2.75) is 83.7 Å². The van der Waals surface area contributed by atoms with Gasteiger partial charge in [-0.3, -0.25) is 4.79 Å². The molecule has 3 nitrogen and oxygen atoms in total. The first-order valence-electron chi connectivity index (χ1n) is 10.5. The fourth-order valence-corrected chi connectivity index (χ4v) is 4.79. The Morgan fingerprint density at radius 1 is 1.19 bits per heavy atom. The standard InChI is InChI=1S/C16H20OS.C7H14O2/c17-14(10-9-12-5-1-2-6-12)16-11-13-7-3-4-8-15(13)18-16;1-2-3-4-5-6-7(8)9/h3-4,7-8,11-12,14,17H,1-2,5-6,9-10H2;2-6H2,1H3,(H,8,9). The van der Waals surface area contributed by atoms with E-state index >= 15 is 0 Å². The van der Waals surface area contributed by atoms with Crippen LogP contribution in [0.2, 0.25) is 0 Å².